The Kier molecular flexibility index (Phi) is 3.20. The highest BCUT2D eigenvalue weighted by Crippen LogP contribution is 2.44. The SMILES string of the molecule is Fc1ccccc1NC(=S)N[C@H]1C[C@H]2CC[C@H]1C2. The lowest BCUT2D eigenvalue weighted by molar-refractivity contribution is 0.391. The summed E-state index contributed by atoms with van der Waals surface area (Å²) < 4.78 is 13.5. The molecule has 2 saturated carbocycles. The van der Waals surface area contributed by atoms with Crippen LogP contribution in [0.5, 0.6) is 0 Å². The number of thiocarbonyl (C=S) groups is 1. The molecule has 2 nitrogen and oxygen atoms in total. The van der Waals surface area contributed by atoms with E-state index < -0.39 is 0 Å². The minimum absolute atomic E-state index is 0.269. The smallest absolute Gasteiger partial charge is 0.171 e. The second-order valence-electron chi connectivity index (χ2n) is 5.36. The van der Waals surface area contributed by atoms with E-state index in [0.717, 1.165) is 11.8 Å². The van der Waals surface area contributed by atoms with Gasteiger partial charge in [0.05, 0.1) is 5.69 Å². The Morgan fingerprint density at radius 2 is 2.06 bits per heavy atom. The number of anilines is 1. The second kappa shape index (κ2) is 4.84. The molecule has 2 aliphatic rings. The topological polar surface area (TPSA) is 24.1 Å². The Labute approximate surface area is 112 Å². The van der Waals surface area contributed by atoms with Gasteiger partial charge < -0.3 is 10.6 Å². The van der Waals surface area contributed by atoms with Crippen molar-refractivity contribution in [2.45, 2.75) is 31.7 Å². The fraction of sp³-hybridized carbons (Fsp3) is 0.500. The molecule has 0 amide bonds. The van der Waals surface area contributed by atoms with Crippen molar-refractivity contribution in [1.29, 1.82) is 0 Å². The Morgan fingerprint density at radius 1 is 1.22 bits per heavy atom. The number of halogens is 1. The van der Waals surface area contributed by atoms with Crippen molar-refractivity contribution in [2.75, 3.05) is 5.32 Å². The Balaban J connectivity index is 1.58. The van der Waals surface area contributed by atoms with E-state index in [1.54, 1.807) is 18.2 Å². The van der Waals surface area contributed by atoms with Crippen molar-refractivity contribution in [3.05, 3.63) is 30.1 Å². The molecule has 0 radical (unpaired) electrons. The molecule has 2 fully saturated rings. The second-order valence-corrected chi connectivity index (χ2v) is 5.77. The Morgan fingerprint density at radius 3 is 2.72 bits per heavy atom. The van der Waals surface area contributed by atoms with Crippen LogP contribution in [0.2, 0.25) is 0 Å². The van der Waals surface area contributed by atoms with Crippen LogP contribution >= 0.6 is 12.2 Å². The highest BCUT2D eigenvalue weighted by molar-refractivity contribution is 7.80. The van der Waals surface area contributed by atoms with Gasteiger partial charge in [-0.2, -0.15) is 0 Å². The maximum Gasteiger partial charge on any atom is 0.171 e. The van der Waals surface area contributed by atoms with Crippen LogP contribution in [0.3, 0.4) is 0 Å². The number of hydrogen-bond donors (Lipinski definition) is 2. The molecule has 96 valence electrons. The summed E-state index contributed by atoms with van der Waals surface area (Å²) in [5, 5.41) is 6.82. The summed E-state index contributed by atoms with van der Waals surface area (Å²) in [4.78, 5) is 0. The number of nitrogens with one attached hydrogen (secondary N) is 2. The standard InChI is InChI=1S/C14H17FN2S/c15-11-3-1-2-4-12(11)16-14(18)17-13-8-9-5-6-10(13)7-9/h1-4,9-10,13H,5-8H2,(H2,16,17,18)/t9-,10-,13-/m0/s1. The maximum absolute atomic E-state index is 13.5. The van der Waals surface area contributed by atoms with Crippen LogP contribution in [-0.4, -0.2) is 11.2 Å². The summed E-state index contributed by atoms with van der Waals surface area (Å²) in [7, 11) is 0. The van der Waals surface area contributed by atoms with Gasteiger partial charge in [-0.1, -0.05) is 18.6 Å². The minimum atomic E-state index is -0.269. The van der Waals surface area contributed by atoms with Gasteiger partial charge in [-0.25, -0.2) is 4.39 Å². The zero-order valence-corrected chi connectivity index (χ0v) is 11.0. The summed E-state index contributed by atoms with van der Waals surface area (Å²) in [5.41, 5.74) is 0.443. The van der Waals surface area contributed by atoms with Crippen molar-refractivity contribution in [3.8, 4) is 0 Å². The van der Waals surface area contributed by atoms with Gasteiger partial charge in [-0.05, 0) is 55.4 Å². The lowest BCUT2D eigenvalue weighted by Crippen LogP contribution is -2.40. The molecule has 3 rings (SSSR count). The van der Waals surface area contributed by atoms with E-state index >= 15 is 0 Å². The molecule has 1 aromatic rings. The van der Waals surface area contributed by atoms with Crippen molar-refractivity contribution in [2.24, 2.45) is 11.8 Å². The first kappa shape index (κ1) is 11.9. The van der Waals surface area contributed by atoms with E-state index in [0.29, 0.717) is 16.8 Å². The molecule has 0 aromatic heterocycles. The van der Waals surface area contributed by atoms with E-state index in [1.807, 2.05) is 0 Å². The van der Waals surface area contributed by atoms with Gasteiger partial charge in [0.1, 0.15) is 5.82 Å². The number of benzene rings is 1. The molecule has 4 heteroatoms. The molecule has 2 N–H and O–H groups in total. The summed E-state index contributed by atoms with van der Waals surface area (Å²) >= 11 is 5.26. The molecule has 0 aliphatic heterocycles. The van der Waals surface area contributed by atoms with Gasteiger partial charge in [0, 0.05) is 6.04 Å². The third kappa shape index (κ3) is 2.34. The molecular formula is C14H17FN2S. The summed E-state index contributed by atoms with van der Waals surface area (Å²) in [6, 6.07) is 7.08. The summed E-state index contributed by atoms with van der Waals surface area (Å²) in [5.74, 6) is 1.37. The average molecular weight is 264 g/mol. The van der Waals surface area contributed by atoms with E-state index in [9.17, 15) is 4.39 Å². The van der Waals surface area contributed by atoms with Crippen molar-refractivity contribution >= 4 is 23.0 Å². The fourth-order valence-electron chi connectivity index (χ4n) is 3.31. The van der Waals surface area contributed by atoms with Crippen molar-refractivity contribution in [1.82, 2.24) is 5.32 Å². The zero-order valence-electron chi connectivity index (χ0n) is 10.2. The lowest BCUT2D eigenvalue weighted by Gasteiger charge is -2.24. The average Bonchev–Trinajstić information content (AvgIpc) is 2.94. The van der Waals surface area contributed by atoms with E-state index in [-0.39, 0.29) is 5.82 Å². The molecule has 0 heterocycles. The minimum Gasteiger partial charge on any atom is -0.359 e. The monoisotopic (exact) mass is 264 g/mol. The third-order valence-corrected chi connectivity index (χ3v) is 4.40. The quantitative estimate of drug-likeness (QED) is 0.801. The van der Waals surface area contributed by atoms with E-state index in [1.165, 1.54) is 31.7 Å². The van der Waals surface area contributed by atoms with Crippen LogP contribution in [0.25, 0.3) is 0 Å². The Bertz CT molecular complexity index is 463. The van der Waals surface area contributed by atoms with Crippen molar-refractivity contribution in [3.63, 3.8) is 0 Å². The maximum atomic E-state index is 13.5. The number of para-hydroxylation sites is 1. The van der Waals surface area contributed by atoms with Crippen LogP contribution in [0.1, 0.15) is 25.7 Å². The van der Waals surface area contributed by atoms with E-state index in [4.69, 9.17) is 12.2 Å². The van der Waals surface area contributed by atoms with Gasteiger partial charge in [0.15, 0.2) is 5.11 Å². The van der Waals surface area contributed by atoms with Crippen LogP contribution in [0.15, 0.2) is 24.3 Å². The van der Waals surface area contributed by atoms with Gasteiger partial charge in [-0.3, -0.25) is 0 Å². The molecule has 1 aromatic carbocycles. The number of rotatable bonds is 2. The Hall–Kier alpha value is -1.16. The van der Waals surface area contributed by atoms with Crippen molar-refractivity contribution < 1.29 is 4.39 Å². The fourth-order valence-corrected chi connectivity index (χ4v) is 3.57. The van der Waals surface area contributed by atoms with Gasteiger partial charge in [0.25, 0.3) is 0 Å². The predicted octanol–water partition coefficient (Wildman–Crippen LogP) is 3.30. The number of fused-ring (bicyclic) bond motifs is 2. The highest BCUT2D eigenvalue weighted by Gasteiger charge is 2.39. The van der Waals surface area contributed by atoms with Gasteiger partial charge in [-0.15, -0.1) is 0 Å². The largest absolute Gasteiger partial charge is 0.359 e. The predicted molar refractivity (Wildman–Crippen MR) is 75.0 cm³/mol. The lowest BCUT2D eigenvalue weighted by atomic mass is 9.96. The summed E-state index contributed by atoms with van der Waals surface area (Å²) in [6.07, 6.45) is 5.23. The first-order valence-corrected chi connectivity index (χ1v) is 6.95. The van der Waals surface area contributed by atoms with Crippen LogP contribution in [0.4, 0.5) is 10.1 Å². The van der Waals surface area contributed by atoms with Gasteiger partial charge in [0.2, 0.25) is 0 Å². The molecule has 3 atom stereocenters. The molecule has 18 heavy (non-hydrogen) atoms. The molecule has 0 spiro atoms. The first-order valence-electron chi connectivity index (χ1n) is 6.54. The van der Waals surface area contributed by atoms with Crippen LogP contribution < -0.4 is 10.6 Å². The number of hydrogen-bond acceptors (Lipinski definition) is 1. The molecule has 0 unspecified atom stereocenters. The molecule has 0 saturated heterocycles. The molecule has 2 aliphatic carbocycles. The van der Waals surface area contributed by atoms with Crippen LogP contribution in [-0.2, 0) is 0 Å². The zero-order chi connectivity index (χ0) is 12.5. The summed E-state index contributed by atoms with van der Waals surface area (Å²) in [6.45, 7) is 0. The third-order valence-electron chi connectivity index (χ3n) is 4.18. The highest BCUT2D eigenvalue weighted by atomic mass is 32.1. The molecular weight excluding hydrogens is 247 g/mol. The van der Waals surface area contributed by atoms with Gasteiger partial charge >= 0.3 is 0 Å². The normalized spacial score (nSPS) is 29.3. The van der Waals surface area contributed by atoms with Crippen LogP contribution in [0, 0.1) is 17.7 Å². The first-order chi connectivity index (χ1) is 8.72. The van der Waals surface area contributed by atoms with E-state index in [2.05, 4.69) is 10.6 Å². The molecule has 2 bridgehead atoms.